The fourth-order valence-corrected chi connectivity index (χ4v) is 2.38. The van der Waals surface area contributed by atoms with Crippen molar-refractivity contribution in [2.75, 3.05) is 24.7 Å². The van der Waals surface area contributed by atoms with Crippen molar-refractivity contribution in [1.29, 1.82) is 0 Å². The van der Waals surface area contributed by atoms with Gasteiger partial charge in [-0.1, -0.05) is 0 Å². The first kappa shape index (κ1) is 14.8. The fraction of sp³-hybridized carbons (Fsp3) is 0.500. The average Bonchev–Trinajstić information content (AvgIpc) is 2.76. The molecular weight excluding hydrogens is 280 g/mol. The Labute approximate surface area is 108 Å². The van der Waals surface area contributed by atoms with Crippen LogP contribution in [0.25, 0.3) is 0 Å². The van der Waals surface area contributed by atoms with Gasteiger partial charge in [-0.25, -0.2) is 18.1 Å². The molecule has 0 aliphatic heterocycles. The highest BCUT2D eigenvalue weighted by Crippen LogP contribution is 2.19. The molecule has 0 aromatic carbocycles. The maximum atomic E-state index is 11.1. The number of nitrogens with zero attached hydrogens (tertiary/aromatic N) is 1. The standard InChI is InChI=1S/C8H14N4O4S2/c1-10-18(15,16)3-2-11-8-12-5(4-17-8)6(9)7(13)14/h4,6,10H,2-3,9H2,1H3,(H,11,12)(H,13,14). The molecule has 5 N–H and O–H groups in total. The van der Waals surface area contributed by atoms with Crippen molar-refractivity contribution in [2.45, 2.75) is 6.04 Å². The van der Waals surface area contributed by atoms with Crippen molar-refractivity contribution in [2.24, 2.45) is 5.73 Å². The molecule has 0 bridgehead atoms. The molecule has 1 heterocycles. The van der Waals surface area contributed by atoms with E-state index in [0.717, 1.165) is 0 Å². The Balaban J connectivity index is 2.53. The minimum absolute atomic E-state index is 0.0939. The van der Waals surface area contributed by atoms with Gasteiger partial charge in [-0.05, 0) is 7.05 Å². The molecule has 0 aliphatic rings. The topological polar surface area (TPSA) is 134 Å². The van der Waals surface area contributed by atoms with E-state index < -0.39 is 22.0 Å². The van der Waals surface area contributed by atoms with Crippen LogP contribution < -0.4 is 15.8 Å². The number of hydrogen-bond acceptors (Lipinski definition) is 7. The van der Waals surface area contributed by atoms with Crippen LogP contribution in [-0.4, -0.2) is 43.8 Å². The molecule has 1 atom stereocenters. The molecule has 1 aromatic heterocycles. The summed E-state index contributed by atoms with van der Waals surface area (Å²) in [6.07, 6.45) is 0. The van der Waals surface area contributed by atoms with Crippen molar-refractivity contribution in [3.63, 3.8) is 0 Å². The number of rotatable bonds is 7. The first-order valence-electron chi connectivity index (χ1n) is 4.94. The summed E-state index contributed by atoms with van der Waals surface area (Å²) in [7, 11) is -1.93. The predicted molar refractivity (Wildman–Crippen MR) is 68.0 cm³/mol. The van der Waals surface area contributed by atoms with Crippen LogP contribution in [0.4, 0.5) is 5.13 Å². The number of nitrogens with one attached hydrogen (secondary N) is 2. The highest BCUT2D eigenvalue weighted by Gasteiger charge is 2.17. The van der Waals surface area contributed by atoms with Crippen molar-refractivity contribution in [3.05, 3.63) is 11.1 Å². The highest BCUT2D eigenvalue weighted by atomic mass is 32.2. The quantitative estimate of drug-likeness (QED) is 0.516. The Morgan fingerprint density at radius 2 is 2.33 bits per heavy atom. The van der Waals surface area contributed by atoms with Crippen molar-refractivity contribution in [1.82, 2.24) is 9.71 Å². The molecule has 0 fully saturated rings. The van der Waals surface area contributed by atoms with Crippen LogP contribution in [0.2, 0.25) is 0 Å². The zero-order chi connectivity index (χ0) is 13.8. The number of aromatic nitrogens is 1. The first-order valence-corrected chi connectivity index (χ1v) is 7.48. The van der Waals surface area contributed by atoms with E-state index >= 15 is 0 Å². The molecule has 1 rings (SSSR count). The third-order valence-corrected chi connectivity index (χ3v) is 4.25. The van der Waals surface area contributed by atoms with Gasteiger partial charge in [-0.2, -0.15) is 0 Å². The smallest absolute Gasteiger partial charge is 0.326 e. The molecule has 102 valence electrons. The fourth-order valence-electron chi connectivity index (χ4n) is 1.03. The number of hydrogen-bond donors (Lipinski definition) is 4. The van der Waals surface area contributed by atoms with E-state index in [1.54, 1.807) is 0 Å². The van der Waals surface area contributed by atoms with Gasteiger partial charge in [0.1, 0.15) is 6.04 Å². The van der Waals surface area contributed by atoms with Crippen LogP contribution >= 0.6 is 11.3 Å². The summed E-state index contributed by atoms with van der Waals surface area (Å²) in [4.78, 5) is 14.6. The maximum absolute atomic E-state index is 11.1. The van der Waals surface area contributed by atoms with Crippen LogP contribution in [-0.2, 0) is 14.8 Å². The normalized spacial score (nSPS) is 13.2. The first-order chi connectivity index (χ1) is 8.35. The van der Waals surface area contributed by atoms with Gasteiger partial charge in [0.05, 0.1) is 11.4 Å². The lowest BCUT2D eigenvalue weighted by Crippen LogP contribution is -2.26. The lowest BCUT2D eigenvalue weighted by Gasteiger charge is -2.03. The van der Waals surface area contributed by atoms with E-state index in [1.807, 2.05) is 0 Å². The molecule has 1 aromatic rings. The van der Waals surface area contributed by atoms with Gasteiger partial charge in [0.2, 0.25) is 10.0 Å². The molecule has 18 heavy (non-hydrogen) atoms. The number of carboxylic acids is 1. The number of thiazole rings is 1. The zero-order valence-corrected chi connectivity index (χ0v) is 11.2. The van der Waals surface area contributed by atoms with Crippen molar-refractivity contribution < 1.29 is 18.3 Å². The minimum Gasteiger partial charge on any atom is -0.480 e. The average molecular weight is 294 g/mol. The van der Waals surface area contributed by atoms with E-state index in [0.29, 0.717) is 5.13 Å². The van der Waals surface area contributed by atoms with Crippen LogP contribution in [0.1, 0.15) is 11.7 Å². The number of carboxylic acid groups (broad SMARTS) is 1. The summed E-state index contributed by atoms with van der Waals surface area (Å²) < 4.78 is 24.4. The second-order valence-electron chi connectivity index (χ2n) is 3.34. The monoisotopic (exact) mass is 294 g/mol. The van der Waals surface area contributed by atoms with Crippen LogP contribution in [0.15, 0.2) is 5.38 Å². The molecular formula is C8H14N4O4S2. The second-order valence-corrected chi connectivity index (χ2v) is 6.25. The lowest BCUT2D eigenvalue weighted by molar-refractivity contribution is -0.138. The van der Waals surface area contributed by atoms with Gasteiger partial charge >= 0.3 is 5.97 Å². The van der Waals surface area contributed by atoms with Crippen molar-refractivity contribution in [3.8, 4) is 0 Å². The summed E-state index contributed by atoms with van der Waals surface area (Å²) in [6, 6.07) is -1.17. The summed E-state index contributed by atoms with van der Waals surface area (Å²) in [6.45, 7) is 0.179. The third kappa shape index (κ3) is 4.22. The third-order valence-electron chi connectivity index (χ3n) is 2.06. The number of aliphatic carboxylic acids is 1. The molecule has 0 radical (unpaired) electrons. The van der Waals surface area contributed by atoms with Gasteiger partial charge in [-0.15, -0.1) is 11.3 Å². The van der Waals surface area contributed by atoms with E-state index in [4.69, 9.17) is 10.8 Å². The largest absolute Gasteiger partial charge is 0.480 e. The number of carbonyl (C=O) groups is 1. The lowest BCUT2D eigenvalue weighted by atomic mass is 10.2. The number of anilines is 1. The van der Waals surface area contributed by atoms with Crippen LogP contribution in [0.3, 0.4) is 0 Å². The van der Waals surface area contributed by atoms with Gasteiger partial charge in [0, 0.05) is 11.9 Å². The summed E-state index contributed by atoms with van der Waals surface area (Å²) in [5, 5.41) is 13.4. The molecule has 10 heteroatoms. The molecule has 0 amide bonds. The van der Waals surface area contributed by atoms with Gasteiger partial charge in [0.15, 0.2) is 5.13 Å². The minimum atomic E-state index is -3.27. The highest BCUT2D eigenvalue weighted by molar-refractivity contribution is 7.89. The van der Waals surface area contributed by atoms with E-state index in [9.17, 15) is 13.2 Å². The molecule has 8 nitrogen and oxygen atoms in total. The van der Waals surface area contributed by atoms with Crippen LogP contribution in [0, 0.1) is 0 Å². The molecule has 0 spiro atoms. The Bertz CT molecular complexity index is 513. The summed E-state index contributed by atoms with van der Waals surface area (Å²) >= 11 is 1.17. The Kier molecular flexibility index (Phi) is 5.02. The SMILES string of the molecule is CNS(=O)(=O)CCNc1nc(C(N)C(=O)O)cs1. The zero-order valence-electron chi connectivity index (χ0n) is 9.58. The summed E-state index contributed by atoms with van der Waals surface area (Å²) in [5.41, 5.74) is 5.62. The summed E-state index contributed by atoms with van der Waals surface area (Å²) in [5.74, 6) is -1.26. The van der Waals surface area contributed by atoms with E-state index in [2.05, 4.69) is 15.0 Å². The van der Waals surface area contributed by atoms with E-state index in [-0.39, 0.29) is 18.0 Å². The van der Waals surface area contributed by atoms with Gasteiger partial charge in [0.25, 0.3) is 0 Å². The van der Waals surface area contributed by atoms with Crippen molar-refractivity contribution >= 4 is 32.5 Å². The van der Waals surface area contributed by atoms with E-state index in [1.165, 1.54) is 23.8 Å². The predicted octanol–water partition coefficient (Wildman–Crippen LogP) is -0.811. The second kappa shape index (κ2) is 6.09. The maximum Gasteiger partial charge on any atom is 0.326 e. The Hall–Kier alpha value is -1.23. The molecule has 1 unspecified atom stereocenters. The number of nitrogens with two attached hydrogens (primary N) is 1. The Morgan fingerprint density at radius 1 is 1.67 bits per heavy atom. The molecule has 0 saturated carbocycles. The Morgan fingerprint density at radius 3 is 2.89 bits per heavy atom. The van der Waals surface area contributed by atoms with Crippen LogP contribution in [0.5, 0.6) is 0 Å². The number of sulfonamides is 1. The van der Waals surface area contributed by atoms with Gasteiger partial charge < -0.3 is 16.2 Å². The molecule has 0 aliphatic carbocycles. The molecule has 0 saturated heterocycles. The van der Waals surface area contributed by atoms with Gasteiger partial charge in [-0.3, -0.25) is 4.79 Å².